The van der Waals surface area contributed by atoms with Gasteiger partial charge in [0.15, 0.2) is 0 Å². The van der Waals surface area contributed by atoms with E-state index in [-0.39, 0.29) is 12.4 Å². The molecule has 1 N–H and O–H groups in total. The van der Waals surface area contributed by atoms with Crippen molar-refractivity contribution in [2.75, 3.05) is 5.75 Å². The lowest BCUT2D eigenvalue weighted by molar-refractivity contribution is 0.146. The van der Waals surface area contributed by atoms with Crippen LogP contribution in [0.25, 0.3) is 0 Å². The Balaban J connectivity index is 2.43. The van der Waals surface area contributed by atoms with E-state index in [9.17, 15) is 13.2 Å². The van der Waals surface area contributed by atoms with E-state index in [1.54, 1.807) is 29.0 Å². The molecule has 0 bridgehead atoms. The highest BCUT2D eigenvalue weighted by Crippen LogP contribution is 2.00. The van der Waals surface area contributed by atoms with E-state index in [2.05, 4.69) is 0 Å². The van der Waals surface area contributed by atoms with E-state index < -0.39 is 16.1 Å². The smallest absolute Gasteiger partial charge is 0.421 e. The van der Waals surface area contributed by atoms with Crippen LogP contribution in [0.1, 0.15) is 12.5 Å². The zero-order valence-electron chi connectivity index (χ0n) is 8.84. The number of carbonyl (C=O) groups is 1. The lowest BCUT2D eigenvalue weighted by atomic mass is 10.2. The Morgan fingerprint density at radius 1 is 1.31 bits per heavy atom. The summed E-state index contributed by atoms with van der Waals surface area (Å²) in [6.45, 7) is 1.48. The van der Waals surface area contributed by atoms with Crippen molar-refractivity contribution in [3.8, 4) is 0 Å². The number of benzene rings is 1. The van der Waals surface area contributed by atoms with Gasteiger partial charge in [-0.05, 0) is 12.5 Å². The molecule has 0 fully saturated rings. The SMILES string of the molecule is CCS(=O)(=O)NC(=O)OCc1ccccc1. The molecule has 88 valence electrons. The van der Waals surface area contributed by atoms with Gasteiger partial charge in [0.25, 0.3) is 0 Å². The second kappa shape index (κ2) is 5.50. The first kappa shape index (κ1) is 12.5. The number of nitrogens with one attached hydrogen (secondary N) is 1. The van der Waals surface area contributed by atoms with Crippen LogP contribution < -0.4 is 4.72 Å². The summed E-state index contributed by atoms with van der Waals surface area (Å²) in [5.74, 6) is -0.159. The Kier molecular flexibility index (Phi) is 4.30. The maximum absolute atomic E-state index is 11.1. The minimum Gasteiger partial charge on any atom is -0.444 e. The Bertz CT molecular complexity index is 441. The topological polar surface area (TPSA) is 72.5 Å². The van der Waals surface area contributed by atoms with Gasteiger partial charge in [-0.1, -0.05) is 30.3 Å². The zero-order chi connectivity index (χ0) is 12.0. The monoisotopic (exact) mass is 243 g/mol. The second-order valence-electron chi connectivity index (χ2n) is 3.07. The van der Waals surface area contributed by atoms with Gasteiger partial charge in [0.05, 0.1) is 5.75 Å². The van der Waals surface area contributed by atoms with Crippen molar-refractivity contribution in [2.24, 2.45) is 0 Å². The van der Waals surface area contributed by atoms with E-state index in [1.165, 1.54) is 6.92 Å². The molecular weight excluding hydrogens is 230 g/mol. The molecule has 1 amide bonds. The average Bonchev–Trinajstić information content (AvgIpc) is 2.27. The van der Waals surface area contributed by atoms with Crippen molar-refractivity contribution in [2.45, 2.75) is 13.5 Å². The predicted octanol–water partition coefficient (Wildman–Crippen LogP) is 1.26. The quantitative estimate of drug-likeness (QED) is 0.864. The molecule has 0 spiro atoms. The summed E-state index contributed by atoms with van der Waals surface area (Å²) in [7, 11) is -3.55. The van der Waals surface area contributed by atoms with Crippen molar-refractivity contribution in [3.63, 3.8) is 0 Å². The minimum atomic E-state index is -3.55. The van der Waals surface area contributed by atoms with Crippen LogP contribution in [0, 0.1) is 0 Å². The number of rotatable bonds is 4. The Morgan fingerprint density at radius 3 is 2.50 bits per heavy atom. The second-order valence-corrected chi connectivity index (χ2v) is 5.08. The number of hydrogen-bond acceptors (Lipinski definition) is 4. The van der Waals surface area contributed by atoms with Crippen molar-refractivity contribution in [1.29, 1.82) is 0 Å². The zero-order valence-corrected chi connectivity index (χ0v) is 9.66. The maximum Gasteiger partial charge on any atom is 0.421 e. The van der Waals surface area contributed by atoms with E-state index in [0.29, 0.717) is 0 Å². The molecule has 0 radical (unpaired) electrons. The van der Waals surface area contributed by atoms with Crippen LogP contribution in [0.5, 0.6) is 0 Å². The van der Waals surface area contributed by atoms with Gasteiger partial charge in [0.2, 0.25) is 10.0 Å². The average molecular weight is 243 g/mol. The van der Waals surface area contributed by atoms with Crippen LogP contribution in [-0.2, 0) is 21.4 Å². The van der Waals surface area contributed by atoms with Gasteiger partial charge in [-0.15, -0.1) is 0 Å². The third-order valence-electron chi connectivity index (χ3n) is 1.83. The van der Waals surface area contributed by atoms with Crippen molar-refractivity contribution < 1.29 is 17.9 Å². The van der Waals surface area contributed by atoms with Gasteiger partial charge >= 0.3 is 6.09 Å². The first-order valence-corrected chi connectivity index (χ1v) is 6.40. The Labute approximate surface area is 94.5 Å². The number of hydrogen-bond donors (Lipinski definition) is 1. The normalized spacial score (nSPS) is 10.8. The Morgan fingerprint density at radius 2 is 1.94 bits per heavy atom. The van der Waals surface area contributed by atoms with Gasteiger partial charge in [-0.2, -0.15) is 0 Å². The van der Waals surface area contributed by atoms with Crippen LogP contribution in [0.3, 0.4) is 0 Å². The highest BCUT2D eigenvalue weighted by atomic mass is 32.2. The number of amides is 1. The summed E-state index contributed by atoms with van der Waals surface area (Å²) in [4.78, 5) is 11.1. The lowest BCUT2D eigenvalue weighted by Crippen LogP contribution is -2.32. The van der Waals surface area contributed by atoms with Crippen molar-refractivity contribution in [3.05, 3.63) is 35.9 Å². The van der Waals surface area contributed by atoms with E-state index in [1.807, 2.05) is 6.07 Å². The standard InChI is InChI=1S/C10H13NO4S/c1-2-16(13,14)11-10(12)15-8-9-6-4-3-5-7-9/h3-7H,2,8H2,1H3,(H,11,12). The highest BCUT2D eigenvalue weighted by Gasteiger charge is 2.12. The van der Waals surface area contributed by atoms with Crippen molar-refractivity contribution in [1.82, 2.24) is 4.72 Å². The number of ether oxygens (including phenoxy) is 1. The summed E-state index contributed by atoms with van der Waals surface area (Å²) in [5.41, 5.74) is 0.798. The third kappa shape index (κ3) is 4.31. The molecule has 0 unspecified atom stereocenters. The molecule has 16 heavy (non-hydrogen) atoms. The summed E-state index contributed by atoms with van der Waals surface area (Å²) in [6.07, 6.45) is -0.953. The Hall–Kier alpha value is -1.56. The molecule has 0 heterocycles. The molecule has 1 aromatic carbocycles. The molecule has 6 heteroatoms. The fraction of sp³-hybridized carbons (Fsp3) is 0.300. The molecule has 5 nitrogen and oxygen atoms in total. The largest absolute Gasteiger partial charge is 0.444 e. The van der Waals surface area contributed by atoms with Gasteiger partial charge in [-0.3, -0.25) is 0 Å². The van der Waals surface area contributed by atoms with E-state index >= 15 is 0 Å². The van der Waals surface area contributed by atoms with E-state index in [4.69, 9.17) is 4.74 Å². The molecule has 0 aliphatic rings. The van der Waals surface area contributed by atoms with Crippen LogP contribution in [0.2, 0.25) is 0 Å². The van der Waals surface area contributed by atoms with Crippen LogP contribution >= 0.6 is 0 Å². The maximum atomic E-state index is 11.1. The molecular formula is C10H13NO4S. The molecule has 0 aromatic heterocycles. The summed E-state index contributed by atoms with van der Waals surface area (Å²) < 4.78 is 28.5. The first-order valence-electron chi connectivity index (χ1n) is 4.74. The first-order chi connectivity index (χ1) is 7.53. The summed E-state index contributed by atoms with van der Waals surface area (Å²) in [6, 6.07) is 9.01. The molecule has 0 aliphatic heterocycles. The van der Waals surface area contributed by atoms with Crippen molar-refractivity contribution >= 4 is 16.1 Å². The molecule has 1 rings (SSSR count). The third-order valence-corrected chi connectivity index (χ3v) is 3.07. The summed E-state index contributed by atoms with van der Waals surface area (Å²) in [5, 5.41) is 0. The number of carbonyl (C=O) groups excluding carboxylic acids is 1. The van der Waals surface area contributed by atoms with Gasteiger partial charge in [0, 0.05) is 0 Å². The molecule has 0 saturated heterocycles. The minimum absolute atomic E-state index is 0.0475. The van der Waals surface area contributed by atoms with Crippen LogP contribution in [0.15, 0.2) is 30.3 Å². The molecule has 0 saturated carbocycles. The lowest BCUT2D eigenvalue weighted by Gasteiger charge is -2.06. The fourth-order valence-corrected chi connectivity index (χ4v) is 1.41. The fourth-order valence-electron chi connectivity index (χ4n) is 0.952. The number of sulfonamides is 1. The van der Waals surface area contributed by atoms with E-state index in [0.717, 1.165) is 5.56 Å². The molecule has 0 atom stereocenters. The summed E-state index contributed by atoms with van der Waals surface area (Å²) >= 11 is 0. The van der Waals surface area contributed by atoms with Gasteiger partial charge in [0.1, 0.15) is 6.61 Å². The molecule has 1 aromatic rings. The van der Waals surface area contributed by atoms with Crippen LogP contribution in [0.4, 0.5) is 4.79 Å². The molecule has 0 aliphatic carbocycles. The van der Waals surface area contributed by atoms with Gasteiger partial charge in [-0.25, -0.2) is 17.9 Å². The van der Waals surface area contributed by atoms with Crippen LogP contribution in [-0.4, -0.2) is 20.3 Å². The highest BCUT2D eigenvalue weighted by molar-refractivity contribution is 7.89. The van der Waals surface area contributed by atoms with Gasteiger partial charge < -0.3 is 4.74 Å². The predicted molar refractivity (Wildman–Crippen MR) is 59.2 cm³/mol.